The molecule has 148 valence electrons. The number of carbonyl (C=O) groups is 1. The van der Waals surface area contributed by atoms with Crippen molar-refractivity contribution in [2.45, 2.75) is 10.9 Å². The van der Waals surface area contributed by atoms with E-state index in [2.05, 4.69) is 30.9 Å². The summed E-state index contributed by atoms with van der Waals surface area (Å²) in [5.74, 6) is 0.785. The molecule has 0 atom stereocenters. The second-order valence-corrected chi connectivity index (χ2v) is 8.28. The van der Waals surface area contributed by atoms with E-state index in [1.165, 1.54) is 29.4 Å². The van der Waals surface area contributed by atoms with Gasteiger partial charge in [-0.1, -0.05) is 34.7 Å². The number of halogens is 1. The molecule has 0 spiro atoms. The molecule has 0 aliphatic heterocycles. The monoisotopic (exact) mass is 447 g/mol. The first-order valence-electron chi connectivity index (χ1n) is 8.34. The zero-order valence-electron chi connectivity index (χ0n) is 14.8. The molecule has 3 aromatic heterocycles. The lowest BCUT2D eigenvalue weighted by Gasteiger charge is -2.11. The molecule has 1 amide bonds. The summed E-state index contributed by atoms with van der Waals surface area (Å²) in [6, 6.07) is 8.86. The van der Waals surface area contributed by atoms with Crippen molar-refractivity contribution >= 4 is 51.4 Å². The van der Waals surface area contributed by atoms with Gasteiger partial charge in [0.2, 0.25) is 11.0 Å². The van der Waals surface area contributed by atoms with Crippen molar-refractivity contribution < 1.29 is 9.21 Å². The van der Waals surface area contributed by atoms with Crippen LogP contribution in [0.4, 0.5) is 10.8 Å². The van der Waals surface area contributed by atoms with Gasteiger partial charge in [0.25, 0.3) is 0 Å². The van der Waals surface area contributed by atoms with Crippen LogP contribution in [0, 0.1) is 0 Å². The number of benzene rings is 1. The normalized spacial score (nSPS) is 10.8. The number of aromatic nitrogens is 5. The van der Waals surface area contributed by atoms with Crippen molar-refractivity contribution in [1.29, 1.82) is 0 Å². The molecule has 4 aromatic rings. The summed E-state index contributed by atoms with van der Waals surface area (Å²) in [5.41, 5.74) is 1.22. The Labute approximate surface area is 178 Å². The van der Waals surface area contributed by atoms with Crippen molar-refractivity contribution in [3.8, 4) is 5.69 Å². The van der Waals surface area contributed by atoms with E-state index in [-0.39, 0.29) is 11.7 Å². The third kappa shape index (κ3) is 5.13. The lowest BCUT2D eigenvalue weighted by Crippen LogP contribution is -2.16. The first-order valence-corrected chi connectivity index (χ1v) is 10.5. The average molecular weight is 448 g/mol. The van der Waals surface area contributed by atoms with Crippen LogP contribution in [0.3, 0.4) is 0 Å². The number of carbonyl (C=O) groups excluding carboxylic acids is 1. The van der Waals surface area contributed by atoms with Gasteiger partial charge < -0.3 is 15.1 Å². The third-order valence-electron chi connectivity index (χ3n) is 3.63. The minimum Gasteiger partial charge on any atom is -0.467 e. The maximum absolute atomic E-state index is 12.4. The molecular weight excluding hydrogens is 434 g/mol. The van der Waals surface area contributed by atoms with Gasteiger partial charge in [-0.25, -0.2) is 9.67 Å². The van der Waals surface area contributed by atoms with Crippen LogP contribution in [0.15, 0.2) is 58.0 Å². The largest absolute Gasteiger partial charge is 0.467 e. The van der Waals surface area contributed by atoms with Crippen LogP contribution in [-0.4, -0.2) is 36.6 Å². The van der Waals surface area contributed by atoms with E-state index in [1.54, 1.807) is 35.5 Å². The molecule has 0 bridgehead atoms. The van der Waals surface area contributed by atoms with Crippen molar-refractivity contribution in [2.24, 2.45) is 0 Å². The number of hydrogen-bond acceptors (Lipinski definition) is 9. The minimum atomic E-state index is -0.195. The maximum atomic E-state index is 12.4. The van der Waals surface area contributed by atoms with Gasteiger partial charge in [-0.15, -0.1) is 10.2 Å². The van der Waals surface area contributed by atoms with Crippen molar-refractivity contribution in [3.05, 3.63) is 60.0 Å². The van der Waals surface area contributed by atoms with Crippen LogP contribution in [0.2, 0.25) is 5.02 Å². The van der Waals surface area contributed by atoms with E-state index >= 15 is 0 Å². The topological polar surface area (TPSA) is 111 Å². The molecular formula is C17H14ClN7O2S2. The molecule has 4 rings (SSSR count). The fourth-order valence-electron chi connectivity index (χ4n) is 2.37. The molecule has 0 aliphatic rings. The fraction of sp³-hybridized carbons (Fsp3) is 0.118. The Morgan fingerprint density at radius 2 is 2.24 bits per heavy atom. The van der Waals surface area contributed by atoms with Crippen LogP contribution in [-0.2, 0) is 11.3 Å². The van der Waals surface area contributed by atoms with Crippen molar-refractivity contribution in [2.75, 3.05) is 16.4 Å². The van der Waals surface area contributed by atoms with Gasteiger partial charge in [-0.05, 0) is 30.3 Å². The van der Waals surface area contributed by atoms with Crippen LogP contribution >= 0.6 is 34.7 Å². The Kier molecular flexibility index (Phi) is 6.08. The number of rotatable bonds is 8. The number of thioether (sulfide) groups is 1. The lowest BCUT2D eigenvalue weighted by atomic mass is 10.2. The Hall–Kier alpha value is -2.89. The summed E-state index contributed by atoms with van der Waals surface area (Å²) >= 11 is 8.74. The highest BCUT2D eigenvalue weighted by atomic mass is 35.5. The van der Waals surface area contributed by atoms with Gasteiger partial charge >= 0.3 is 0 Å². The second-order valence-electron chi connectivity index (χ2n) is 5.64. The maximum Gasteiger partial charge on any atom is 0.234 e. The van der Waals surface area contributed by atoms with Crippen LogP contribution in [0.1, 0.15) is 5.76 Å². The Morgan fingerprint density at radius 3 is 3.03 bits per heavy atom. The summed E-state index contributed by atoms with van der Waals surface area (Å²) in [7, 11) is 0. The standard InChI is InChI=1S/C17H14ClN7O2S2/c18-11-3-4-14(25-10-19-9-21-25)13(6-11)22-15(26)8-28-17-24-23-16(29-17)20-7-12-2-1-5-27-12/h1-6,9-10H,7-8H2,(H,20,23)(H,22,26). The molecule has 0 unspecified atom stereocenters. The summed E-state index contributed by atoms with van der Waals surface area (Å²) < 4.78 is 7.50. The van der Waals surface area contributed by atoms with Gasteiger partial charge in [0.05, 0.1) is 29.9 Å². The Balaban J connectivity index is 1.33. The van der Waals surface area contributed by atoms with Gasteiger partial charge in [0.1, 0.15) is 18.4 Å². The highest BCUT2D eigenvalue weighted by molar-refractivity contribution is 8.01. The summed E-state index contributed by atoms with van der Waals surface area (Å²) in [4.78, 5) is 16.3. The van der Waals surface area contributed by atoms with Gasteiger partial charge in [-0.3, -0.25) is 4.79 Å². The predicted molar refractivity (Wildman–Crippen MR) is 112 cm³/mol. The van der Waals surface area contributed by atoms with Gasteiger partial charge in [-0.2, -0.15) is 5.10 Å². The predicted octanol–water partition coefficient (Wildman–Crippen LogP) is 3.71. The first kappa shape index (κ1) is 19.4. The van der Waals surface area contributed by atoms with Crippen molar-refractivity contribution in [1.82, 2.24) is 25.0 Å². The molecule has 3 heterocycles. The number of anilines is 2. The van der Waals surface area contributed by atoms with Crippen molar-refractivity contribution in [3.63, 3.8) is 0 Å². The SMILES string of the molecule is O=C(CSc1nnc(NCc2ccco2)s1)Nc1cc(Cl)ccc1-n1cncn1. The quantitative estimate of drug-likeness (QED) is 0.393. The average Bonchev–Trinajstić information content (AvgIpc) is 3.47. The smallest absolute Gasteiger partial charge is 0.234 e. The van der Waals surface area contributed by atoms with Crippen LogP contribution < -0.4 is 10.6 Å². The molecule has 0 saturated carbocycles. The molecule has 12 heteroatoms. The van der Waals surface area contributed by atoms with Crippen LogP contribution in [0.5, 0.6) is 0 Å². The molecule has 0 saturated heterocycles. The molecule has 0 fully saturated rings. The van der Waals surface area contributed by atoms with E-state index in [1.807, 2.05) is 12.1 Å². The van der Waals surface area contributed by atoms with E-state index in [0.717, 1.165) is 5.76 Å². The lowest BCUT2D eigenvalue weighted by molar-refractivity contribution is -0.113. The molecule has 0 aliphatic carbocycles. The number of nitrogens with zero attached hydrogens (tertiary/aromatic N) is 5. The fourth-order valence-corrected chi connectivity index (χ4v) is 4.09. The molecule has 0 radical (unpaired) electrons. The Morgan fingerprint density at radius 1 is 1.31 bits per heavy atom. The number of furan rings is 1. The second kappa shape index (κ2) is 9.07. The minimum absolute atomic E-state index is 0.177. The highest BCUT2D eigenvalue weighted by Gasteiger charge is 2.12. The van der Waals surface area contributed by atoms with Crippen LogP contribution in [0.25, 0.3) is 5.69 Å². The van der Waals surface area contributed by atoms with E-state index in [0.29, 0.717) is 32.4 Å². The zero-order chi connectivity index (χ0) is 20.1. The van der Waals surface area contributed by atoms with E-state index in [4.69, 9.17) is 16.0 Å². The zero-order valence-corrected chi connectivity index (χ0v) is 17.2. The first-order chi connectivity index (χ1) is 14.2. The summed E-state index contributed by atoms with van der Waals surface area (Å²) in [6.45, 7) is 0.520. The molecule has 9 nitrogen and oxygen atoms in total. The van der Waals surface area contributed by atoms with Gasteiger partial charge in [0.15, 0.2) is 4.34 Å². The number of nitrogens with one attached hydrogen (secondary N) is 2. The number of hydrogen-bond donors (Lipinski definition) is 2. The van der Waals surface area contributed by atoms with E-state index < -0.39 is 0 Å². The Bertz CT molecular complexity index is 1080. The molecule has 1 aromatic carbocycles. The van der Waals surface area contributed by atoms with Gasteiger partial charge in [0, 0.05) is 5.02 Å². The highest BCUT2D eigenvalue weighted by Crippen LogP contribution is 2.27. The summed E-state index contributed by atoms with van der Waals surface area (Å²) in [6.07, 6.45) is 4.58. The third-order valence-corrected chi connectivity index (χ3v) is 5.87. The summed E-state index contributed by atoms with van der Waals surface area (Å²) in [5, 5.41) is 19.4. The number of amides is 1. The van der Waals surface area contributed by atoms with E-state index in [9.17, 15) is 4.79 Å². The molecule has 2 N–H and O–H groups in total. The molecule has 29 heavy (non-hydrogen) atoms.